The van der Waals surface area contributed by atoms with Gasteiger partial charge in [0.1, 0.15) is 11.3 Å². The minimum Gasteiger partial charge on any atom is -0.492 e. The number of ether oxygens (including phenoxy) is 1. The molecule has 0 aliphatic carbocycles. The van der Waals surface area contributed by atoms with Crippen molar-refractivity contribution in [1.82, 2.24) is 0 Å². The maximum Gasteiger partial charge on any atom is 0.255 e. The fraction of sp³-hybridized carbons (Fsp3) is 0.120. The van der Waals surface area contributed by atoms with Crippen molar-refractivity contribution < 1.29 is 18.7 Å². The lowest BCUT2D eigenvalue weighted by Crippen LogP contribution is -2.14. The Morgan fingerprint density at radius 1 is 1.00 bits per heavy atom. The van der Waals surface area contributed by atoms with Gasteiger partial charge < -0.3 is 14.5 Å². The van der Waals surface area contributed by atoms with E-state index in [1.54, 1.807) is 42.5 Å². The Labute approximate surface area is 184 Å². The van der Waals surface area contributed by atoms with E-state index in [9.17, 15) is 9.59 Å². The molecule has 0 atom stereocenters. The first-order valence-corrected chi connectivity index (χ1v) is 10.2. The molecular weight excluding hydrogens is 414 g/mol. The number of halogens is 1. The summed E-state index contributed by atoms with van der Waals surface area (Å²) in [4.78, 5) is 26.2. The zero-order valence-electron chi connectivity index (χ0n) is 17.1. The van der Waals surface area contributed by atoms with Crippen LogP contribution in [0.3, 0.4) is 0 Å². The highest BCUT2D eigenvalue weighted by Gasteiger charge is 2.24. The van der Waals surface area contributed by atoms with Gasteiger partial charge in [0.2, 0.25) is 5.78 Å². The number of rotatable bonds is 6. The lowest BCUT2D eigenvalue weighted by molar-refractivity contribution is 0.101. The number of hydrogen-bond acceptors (Lipinski definition) is 4. The summed E-state index contributed by atoms with van der Waals surface area (Å²) in [5, 5.41) is 3.83. The summed E-state index contributed by atoms with van der Waals surface area (Å²) >= 11 is 6.26. The molecular formula is C25H20ClNO4. The lowest BCUT2D eigenvalue weighted by atomic mass is 10.1. The number of fused-ring (bicyclic) bond motifs is 1. The van der Waals surface area contributed by atoms with Gasteiger partial charge in [0.15, 0.2) is 5.76 Å². The first-order chi connectivity index (χ1) is 15.0. The lowest BCUT2D eigenvalue weighted by Gasteiger charge is -2.09. The number of furan rings is 1. The van der Waals surface area contributed by atoms with Crippen LogP contribution in [0.1, 0.15) is 39.0 Å². The second-order valence-electron chi connectivity index (χ2n) is 7.03. The molecule has 31 heavy (non-hydrogen) atoms. The quantitative estimate of drug-likeness (QED) is 0.363. The predicted octanol–water partition coefficient (Wildman–Crippen LogP) is 6.28. The third kappa shape index (κ3) is 4.18. The molecule has 3 aromatic carbocycles. The molecule has 6 heteroatoms. The molecule has 0 unspecified atom stereocenters. The summed E-state index contributed by atoms with van der Waals surface area (Å²) < 4.78 is 11.3. The van der Waals surface area contributed by atoms with Gasteiger partial charge in [-0.1, -0.05) is 41.4 Å². The third-order valence-electron chi connectivity index (χ3n) is 4.81. The maximum atomic E-state index is 13.3. The Morgan fingerprint density at radius 2 is 1.81 bits per heavy atom. The van der Waals surface area contributed by atoms with E-state index in [2.05, 4.69) is 5.32 Å². The van der Waals surface area contributed by atoms with Crippen molar-refractivity contribution in [2.75, 3.05) is 11.9 Å². The summed E-state index contributed by atoms with van der Waals surface area (Å²) in [6, 6.07) is 19.2. The highest BCUT2D eigenvalue weighted by atomic mass is 35.5. The van der Waals surface area contributed by atoms with Crippen LogP contribution >= 0.6 is 11.6 Å². The molecule has 5 nitrogen and oxygen atoms in total. The van der Waals surface area contributed by atoms with Gasteiger partial charge in [0.25, 0.3) is 5.91 Å². The summed E-state index contributed by atoms with van der Waals surface area (Å²) in [6.07, 6.45) is 0. The molecule has 0 radical (unpaired) electrons. The van der Waals surface area contributed by atoms with E-state index in [1.807, 2.05) is 32.0 Å². The van der Waals surface area contributed by atoms with Gasteiger partial charge in [0.05, 0.1) is 17.3 Å². The Balaban J connectivity index is 1.75. The molecule has 1 aromatic heterocycles. The van der Waals surface area contributed by atoms with Crippen molar-refractivity contribution in [3.63, 3.8) is 0 Å². The number of benzene rings is 3. The van der Waals surface area contributed by atoms with E-state index >= 15 is 0 Å². The maximum absolute atomic E-state index is 13.3. The Morgan fingerprint density at radius 3 is 2.55 bits per heavy atom. The van der Waals surface area contributed by atoms with Crippen LogP contribution in [0.2, 0.25) is 5.02 Å². The zero-order valence-corrected chi connectivity index (χ0v) is 17.8. The average Bonchev–Trinajstić information content (AvgIpc) is 3.13. The number of ketones is 1. The normalized spacial score (nSPS) is 10.8. The number of amides is 1. The molecule has 0 aliphatic rings. The molecule has 0 spiro atoms. The van der Waals surface area contributed by atoms with Gasteiger partial charge in [0, 0.05) is 16.5 Å². The number of hydrogen-bond donors (Lipinski definition) is 1. The number of carbonyl (C=O) groups excluding carboxylic acids is 2. The number of nitrogens with one attached hydrogen (secondary N) is 1. The van der Waals surface area contributed by atoms with E-state index in [1.165, 1.54) is 6.07 Å². The second kappa shape index (κ2) is 8.66. The van der Waals surface area contributed by atoms with E-state index < -0.39 is 0 Å². The standard InChI is InChI=1S/C25H20ClNO4/c1-3-30-21-12-11-16(14-19(21)26)23(28)24-22(18-9-4-5-10-20(18)31-24)27-25(29)17-8-6-7-15(2)13-17/h4-14H,3H2,1-2H3,(H,27,29). The highest BCUT2D eigenvalue weighted by molar-refractivity contribution is 6.32. The van der Waals surface area contributed by atoms with Gasteiger partial charge in [-0.25, -0.2) is 0 Å². The third-order valence-corrected chi connectivity index (χ3v) is 5.11. The van der Waals surface area contributed by atoms with Crippen LogP contribution < -0.4 is 10.1 Å². The van der Waals surface area contributed by atoms with E-state index in [-0.39, 0.29) is 17.5 Å². The van der Waals surface area contributed by atoms with Crippen LogP contribution in [0.4, 0.5) is 5.69 Å². The molecule has 0 saturated carbocycles. The molecule has 4 aromatic rings. The van der Waals surface area contributed by atoms with Crippen molar-refractivity contribution in [3.05, 3.63) is 94.2 Å². The molecule has 0 saturated heterocycles. The fourth-order valence-electron chi connectivity index (χ4n) is 3.35. The van der Waals surface area contributed by atoms with Crippen LogP contribution in [-0.2, 0) is 0 Å². The number of para-hydroxylation sites is 1. The highest BCUT2D eigenvalue weighted by Crippen LogP contribution is 2.34. The molecule has 4 rings (SSSR count). The minimum absolute atomic E-state index is 0.0439. The molecule has 1 N–H and O–H groups in total. The van der Waals surface area contributed by atoms with Gasteiger partial charge in [-0.05, 0) is 56.3 Å². The smallest absolute Gasteiger partial charge is 0.255 e. The molecule has 0 bridgehead atoms. The van der Waals surface area contributed by atoms with Crippen molar-refractivity contribution in [3.8, 4) is 5.75 Å². The Bertz CT molecular complexity index is 1290. The molecule has 1 amide bonds. The largest absolute Gasteiger partial charge is 0.492 e. The average molecular weight is 434 g/mol. The molecule has 0 aliphatic heterocycles. The Hall–Kier alpha value is -3.57. The van der Waals surface area contributed by atoms with Crippen LogP contribution in [0.15, 0.2) is 71.1 Å². The van der Waals surface area contributed by atoms with Gasteiger partial charge in [-0.15, -0.1) is 0 Å². The molecule has 156 valence electrons. The van der Waals surface area contributed by atoms with Crippen LogP contribution in [0.25, 0.3) is 11.0 Å². The van der Waals surface area contributed by atoms with Gasteiger partial charge in [-0.2, -0.15) is 0 Å². The summed E-state index contributed by atoms with van der Waals surface area (Å²) in [6.45, 7) is 4.23. The first kappa shape index (κ1) is 20.7. The number of anilines is 1. The fourth-order valence-corrected chi connectivity index (χ4v) is 3.58. The summed E-state index contributed by atoms with van der Waals surface area (Å²) in [5.74, 6) is -0.171. The molecule has 1 heterocycles. The molecule has 0 fully saturated rings. The Kier molecular flexibility index (Phi) is 5.78. The second-order valence-corrected chi connectivity index (χ2v) is 7.44. The number of aryl methyl sites for hydroxylation is 1. The SMILES string of the molecule is CCOc1ccc(C(=O)c2oc3ccccc3c2NC(=O)c2cccc(C)c2)cc1Cl. The van der Waals surface area contributed by atoms with E-state index in [0.29, 0.717) is 45.2 Å². The van der Waals surface area contributed by atoms with E-state index in [4.69, 9.17) is 20.8 Å². The first-order valence-electron chi connectivity index (χ1n) is 9.84. The van der Waals surface area contributed by atoms with Crippen LogP contribution in [-0.4, -0.2) is 18.3 Å². The van der Waals surface area contributed by atoms with Crippen LogP contribution in [0.5, 0.6) is 5.75 Å². The van der Waals surface area contributed by atoms with Gasteiger partial charge >= 0.3 is 0 Å². The van der Waals surface area contributed by atoms with Crippen LogP contribution in [0, 0.1) is 6.92 Å². The number of carbonyl (C=O) groups is 2. The van der Waals surface area contributed by atoms with Crippen molar-refractivity contribution in [2.24, 2.45) is 0 Å². The zero-order chi connectivity index (χ0) is 22.0. The van der Waals surface area contributed by atoms with Crippen molar-refractivity contribution >= 4 is 39.9 Å². The van der Waals surface area contributed by atoms with Crippen molar-refractivity contribution in [1.29, 1.82) is 0 Å². The summed E-state index contributed by atoms with van der Waals surface area (Å²) in [7, 11) is 0. The van der Waals surface area contributed by atoms with Crippen molar-refractivity contribution in [2.45, 2.75) is 13.8 Å². The topological polar surface area (TPSA) is 68.5 Å². The van der Waals surface area contributed by atoms with E-state index in [0.717, 1.165) is 5.56 Å². The van der Waals surface area contributed by atoms with Gasteiger partial charge in [-0.3, -0.25) is 9.59 Å². The monoisotopic (exact) mass is 433 g/mol. The minimum atomic E-state index is -0.388. The predicted molar refractivity (Wildman–Crippen MR) is 121 cm³/mol. The summed E-state index contributed by atoms with van der Waals surface area (Å²) in [5.41, 5.74) is 2.62.